The minimum Gasteiger partial charge on any atom is -0.315 e. The SMILES string of the molecule is CNCc1cnc(CSC)s1. The van der Waals surface area contributed by atoms with E-state index in [1.165, 1.54) is 9.88 Å². The van der Waals surface area contributed by atoms with Crippen LogP contribution in [0.1, 0.15) is 9.88 Å². The largest absolute Gasteiger partial charge is 0.315 e. The van der Waals surface area contributed by atoms with E-state index in [0.717, 1.165) is 12.3 Å². The van der Waals surface area contributed by atoms with E-state index < -0.39 is 0 Å². The molecule has 1 aromatic heterocycles. The van der Waals surface area contributed by atoms with Crippen LogP contribution in [0.15, 0.2) is 6.20 Å². The third-order valence-corrected chi connectivity index (χ3v) is 2.96. The van der Waals surface area contributed by atoms with Crippen LogP contribution in [0.25, 0.3) is 0 Å². The molecule has 4 heteroatoms. The quantitative estimate of drug-likeness (QED) is 0.779. The lowest BCUT2D eigenvalue weighted by Crippen LogP contribution is -2.02. The molecule has 0 unspecified atom stereocenters. The van der Waals surface area contributed by atoms with E-state index >= 15 is 0 Å². The van der Waals surface area contributed by atoms with Gasteiger partial charge in [-0.2, -0.15) is 11.8 Å². The Bertz CT molecular complexity index is 189. The van der Waals surface area contributed by atoms with Gasteiger partial charge >= 0.3 is 0 Å². The van der Waals surface area contributed by atoms with Crippen molar-refractivity contribution in [1.29, 1.82) is 0 Å². The Morgan fingerprint density at radius 3 is 3.18 bits per heavy atom. The molecule has 0 saturated heterocycles. The van der Waals surface area contributed by atoms with Gasteiger partial charge in [-0.05, 0) is 13.3 Å². The van der Waals surface area contributed by atoms with Crippen molar-refractivity contribution in [2.24, 2.45) is 0 Å². The van der Waals surface area contributed by atoms with Crippen molar-refractivity contribution >= 4 is 23.1 Å². The molecule has 1 N–H and O–H groups in total. The summed E-state index contributed by atoms with van der Waals surface area (Å²) in [5, 5.41) is 4.33. The van der Waals surface area contributed by atoms with Crippen molar-refractivity contribution < 1.29 is 0 Å². The topological polar surface area (TPSA) is 24.9 Å². The van der Waals surface area contributed by atoms with Crippen LogP contribution in [0, 0.1) is 0 Å². The van der Waals surface area contributed by atoms with Gasteiger partial charge in [0.15, 0.2) is 0 Å². The van der Waals surface area contributed by atoms with Gasteiger partial charge < -0.3 is 5.32 Å². The molecule has 0 spiro atoms. The molecule has 2 nitrogen and oxygen atoms in total. The average molecular weight is 188 g/mol. The van der Waals surface area contributed by atoms with Gasteiger partial charge in [-0.25, -0.2) is 4.98 Å². The van der Waals surface area contributed by atoms with E-state index in [-0.39, 0.29) is 0 Å². The number of aromatic nitrogens is 1. The molecule has 0 bridgehead atoms. The van der Waals surface area contributed by atoms with Crippen molar-refractivity contribution in [2.45, 2.75) is 12.3 Å². The fraction of sp³-hybridized carbons (Fsp3) is 0.571. The lowest BCUT2D eigenvalue weighted by atomic mass is 10.5. The second-order valence-corrected chi connectivity index (χ2v) is 4.25. The van der Waals surface area contributed by atoms with Crippen molar-refractivity contribution in [3.8, 4) is 0 Å². The molecule has 0 aliphatic heterocycles. The molecule has 0 aliphatic rings. The molecule has 0 fully saturated rings. The number of thiazole rings is 1. The third kappa shape index (κ3) is 2.81. The van der Waals surface area contributed by atoms with Crippen LogP contribution >= 0.6 is 23.1 Å². The summed E-state index contributed by atoms with van der Waals surface area (Å²) in [6.07, 6.45) is 4.05. The van der Waals surface area contributed by atoms with Crippen LogP contribution in [-0.2, 0) is 12.3 Å². The second kappa shape index (κ2) is 4.74. The summed E-state index contributed by atoms with van der Waals surface area (Å²) in [5.74, 6) is 1.04. The van der Waals surface area contributed by atoms with Crippen LogP contribution < -0.4 is 5.32 Å². The smallest absolute Gasteiger partial charge is 0.103 e. The predicted octanol–water partition coefficient (Wildman–Crippen LogP) is 1.73. The summed E-state index contributed by atoms with van der Waals surface area (Å²) < 4.78 is 0. The highest BCUT2D eigenvalue weighted by Crippen LogP contribution is 2.16. The predicted molar refractivity (Wildman–Crippen MR) is 52.1 cm³/mol. The Morgan fingerprint density at radius 2 is 2.55 bits per heavy atom. The highest BCUT2D eigenvalue weighted by atomic mass is 32.2. The van der Waals surface area contributed by atoms with Gasteiger partial charge in [0.05, 0.1) is 0 Å². The van der Waals surface area contributed by atoms with Gasteiger partial charge in [-0.3, -0.25) is 0 Å². The first-order valence-corrected chi connectivity index (χ1v) is 5.65. The summed E-state index contributed by atoms with van der Waals surface area (Å²) >= 11 is 3.60. The summed E-state index contributed by atoms with van der Waals surface area (Å²) in [6, 6.07) is 0. The zero-order valence-corrected chi connectivity index (χ0v) is 8.39. The molecule has 0 aromatic carbocycles. The molecule has 0 radical (unpaired) electrons. The Hall–Kier alpha value is -0.0600. The zero-order chi connectivity index (χ0) is 8.10. The standard InChI is InChI=1S/C7H12N2S2/c1-8-3-6-4-9-7(11-6)5-10-2/h4,8H,3,5H2,1-2H3. The highest BCUT2D eigenvalue weighted by molar-refractivity contribution is 7.97. The molecule has 0 atom stereocenters. The summed E-state index contributed by atoms with van der Waals surface area (Å²) in [6.45, 7) is 0.937. The highest BCUT2D eigenvalue weighted by Gasteiger charge is 1.98. The lowest BCUT2D eigenvalue weighted by Gasteiger charge is -1.90. The van der Waals surface area contributed by atoms with E-state index in [9.17, 15) is 0 Å². The fourth-order valence-electron chi connectivity index (χ4n) is 0.794. The van der Waals surface area contributed by atoms with Gasteiger partial charge in [0.1, 0.15) is 5.01 Å². The Kier molecular flexibility index (Phi) is 3.90. The Labute approximate surface area is 75.4 Å². The average Bonchev–Trinajstić information content (AvgIpc) is 2.38. The van der Waals surface area contributed by atoms with Crippen LogP contribution in [0.2, 0.25) is 0 Å². The lowest BCUT2D eigenvalue weighted by molar-refractivity contribution is 0.829. The first-order valence-electron chi connectivity index (χ1n) is 3.44. The maximum absolute atomic E-state index is 4.28. The number of hydrogen-bond donors (Lipinski definition) is 1. The van der Waals surface area contributed by atoms with Gasteiger partial charge in [-0.15, -0.1) is 11.3 Å². The maximum Gasteiger partial charge on any atom is 0.103 e. The second-order valence-electron chi connectivity index (χ2n) is 2.18. The summed E-state index contributed by atoms with van der Waals surface area (Å²) in [5.41, 5.74) is 0. The molecule has 11 heavy (non-hydrogen) atoms. The fourth-order valence-corrected chi connectivity index (χ4v) is 2.43. The minimum absolute atomic E-state index is 0.937. The minimum atomic E-state index is 0.937. The van der Waals surface area contributed by atoms with Gasteiger partial charge in [-0.1, -0.05) is 0 Å². The zero-order valence-electron chi connectivity index (χ0n) is 6.76. The summed E-state index contributed by atoms with van der Waals surface area (Å²) in [7, 11) is 1.95. The van der Waals surface area contributed by atoms with E-state index in [4.69, 9.17) is 0 Å². The van der Waals surface area contributed by atoms with E-state index in [1.807, 2.05) is 25.0 Å². The normalized spacial score (nSPS) is 10.4. The number of nitrogens with zero attached hydrogens (tertiary/aromatic N) is 1. The van der Waals surface area contributed by atoms with E-state index in [1.54, 1.807) is 11.3 Å². The number of thioether (sulfide) groups is 1. The molecule has 1 heterocycles. The van der Waals surface area contributed by atoms with Crippen LogP contribution in [0.4, 0.5) is 0 Å². The first kappa shape index (κ1) is 9.03. The molecular weight excluding hydrogens is 176 g/mol. The van der Waals surface area contributed by atoms with Crippen LogP contribution in [-0.4, -0.2) is 18.3 Å². The van der Waals surface area contributed by atoms with Crippen LogP contribution in [0.5, 0.6) is 0 Å². The Balaban J connectivity index is 2.51. The van der Waals surface area contributed by atoms with Gasteiger partial charge in [0.2, 0.25) is 0 Å². The van der Waals surface area contributed by atoms with Crippen LogP contribution in [0.3, 0.4) is 0 Å². The molecule has 1 rings (SSSR count). The molecule has 62 valence electrons. The van der Waals surface area contributed by atoms with Crippen molar-refractivity contribution in [2.75, 3.05) is 13.3 Å². The van der Waals surface area contributed by atoms with Gasteiger partial charge in [0.25, 0.3) is 0 Å². The Morgan fingerprint density at radius 1 is 1.73 bits per heavy atom. The summed E-state index contributed by atoms with van der Waals surface area (Å²) in [4.78, 5) is 5.60. The first-order chi connectivity index (χ1) is 5.36. The van der Waals surface area contributed by atoms with Crippen molar-refractivity contribution in [3.63, 3.8) is 0 Å². The molecular formula is C7H12N2S2. The van der Waals surface area contributed by atoms with Gasteiger partial charge in [0, 0.05) is 23.4 Å². The maximum atomic E-state index is 4.28. The number of hydrogen-bond acceptors (Lipinski definition) is 4. The molecule has 0 aliphatic carbocycles. The van der Waals surface area contributed by atoms with E-state index in [0.29, 0.717) is 0 Å². The molecule has 1 aromatic rings. The number of rotatable bonds is 4. The molecule has 0 saturated carbocycles. The van der Waals surface area contributed by atoms with Crippen molar-refractivity contribution in [3.05, 3.63) is 16.1 Å². The monoisotopic (exact) mass is 188 g/mol. The van der Waals surface area contributed by atoms with Crippen molar-refractivity contribution in [1.82, 2.24) is 10.3 Å². The molecule has 0 amide bonds. The third-order valence-electron chi connectivity index (χ3n) is 1.22. The number of nitrogens with one attached hydrogen (secondary N) is 1. The van der Waals surface area contributed by atoms with E-state index in [2.05, 4.69) is 16.6 Å².